The number of carboxylic acid groups (broad SMARTS) is 1. The fraction of sp³-hybridized carbons (Fsp3) is 0.667. The van der Waals surface area contributed by atoms with Crippen molar-refractivity contribution in [2.45, 2.75) is 57.2 Å². The van der Waals surface area contributed by atoms with Crippen LogP contribution in [0.2, 0.25) is 0 Å². The van der Waals surface area contributed by atoms with Crippen LogP contribution in [0, 0.1) is 5.41 Å². The SMILES string of the molecule is CSCCC(NC(=O)CNC(=O)C(CCC(=O)O)NC=O)C(=O)NCC(=O)NC(C)CCCNC(=N)N. The number of carbonyl (C=O) groups excluding carboxylic acids is 5. The number of carbonyl (C=O) groups is 6. The Morgan fingerprint density at radius 3 is 2.08 bits per heavy atom. The maximum Gasteiger partial charge on any atom is 0.303 e. The number of hydrogen-bond donors (Lipinski definition) is 9. The molecule has 210 valence electrons. The molecule has 0 aromatic heterocycles. The largest absolute Gasteiger partial charge is 0.481 e. The predicted molar refractivity (Wildman–Crippen MR) is 138 cm³/mol. The first kappa shape index (κ1) is 33.4. The molecule has 15 nitrogen and oxygen atoms in total. The highest BCUT2D eigenvalue weighted by Gasteiger charge is 2.23. The van der Waals surface area contributed by atoms with Crippen LogP contribution < -0.4 is 37.6 Å². The Morgan fingerprint density at radius 2 is 1.54 bits per heavy atom. The molecule has 0 fully saturated rings. The Kier molecular flexibility index (Phi) is 17.7. The van der Waals surface area contributed by atoms with Crippen molar-refractivity contribution in [1.82, 2.24) is 31.9 Å². The minimum absolute atomic E-state index is 0.125. The molecule has 3 atom stereocenters. The monoisotopic (exact) mass is 546 g/mol. The molecule has 0 radical (unpaired) electrons. The maximum absolute atomic E-state index is 12.6. The summed E-state index contributed by atoms with van der Waals surface area (Å²) in [6.45, 7) is 1.52. The minimum atomic E-state index is -1.14. The van der Waals surface area contributed by atoms with Gasteiger partial charge in [0.15, 0.2) is 5.96 Å². The van der Waals surface area contributed by atoms with Crippen LogP contribution in [0.5, 0.6) is 0 Å². The van der Waals surface area contributed by atoms with Crippen LogP contribution in [-0.4, -0.2) is 96.8 Å². The molecule has 0 saturated heterocycles. The Balaban J connectivity index is 4.66. The van der Waals surface area contributed by atoms with E-state index in [4.69, 9.17) is 16.2 Å². The Morgan fingerprint density at radius 1 is 0.946 bits per heavy atom. The molecule has 0 aromatic carbocycles. The molecule has 37 heavy (non-hydrogen) atoms. The van der Waals surface area contributed by atoms with Crippen LogP contribution in [0.1, 0.15) is 39.0 Å². The molecule has 3 unspecified atom stereocenters. The number of aliphatic carboxylic acids is 1. The van der Waals surface area contributed by atoms with Crippen LogP contribution >= 0.6 is 11.8 Å². The van der Waals surface area contributed by atoms with E-state index in [2.05, 4.69) is 31.9 Å². The third-order valence-electron chi connectivity index (χ3n) is 4.88. The van der Waals surface area contributed by atoms with E-state index in [1.165, 1.54) is 11.8 Å². The van der Waals surface area contributed by atoms with E-state index < -0.39 is 48.2 Å². The Hall–Kier alpha value is -3.56. The number of amides is 5. The van der Waals surface area contributed by atoms with E-state index in [1.807, 2.05) is 6.26 Å². The normalized spacial score (nSPS) is 12.7. The van der Waals surface area contributed by atoms with Gasteiger partial charge in [-0.1, -0.05) is 0 Å². The van der Waals surface area contributed by atoms with Crippen LogP contribution in [0.15, 0.2) is 0 Å². The molecule has 10 N–H and O–H groups in total. The summed E-state index contributed by atoms with van der Waals surface area (Å²) in [7, 11) is 0. The summed E-state index contributed by atoms with van der Waals surface area (Å²) in [5.41, 5.74) is 5.20. The average molecular weight is 547 g/mol. The van der Waals surface area contributed by atoms with E-state index >= 15 is 0 Å². The molecule has 0 aromatic rings. The van der Waals surface area contributed by atoms with Gasteiger partial charge in [-0.15, -0.1) is 0 Å². The number of nitrogens with one attached hydrogen (secondary N) is 7. The highest BCUT2D eigenvalue weighted by Crippen LogP contribution is 2.02. The van der Waals surface area contributed by atoms with Gasteiger partial charge in [0.2, 0.25) is 30.0 Å². The molecule has 5 amide bonds. The smallest absolute Gasteiger partial charge is 0.303 e. The first-order chi connectivity index (χ1) is 17.5. The van der Waals surface area contributed by atoms with E-state index in [0.29, 0.717) is 25.1 Å². The van der Waals surface area contributed by atoms with Gasteiger partial charge >= 0.3 is 5.97 Å². The number of hydrogen-bond acceptors (Lipinski definition) is 8. The van der Waals surface area contributed by atoms with Gasteiger partial charge in [0, 0.05) is 19.0 Å². The van der Waals surface area contributed by atoms with E-state index in [9.17, 15) is 28.8 Å². The standard InChI is InChI=1S/C21H38N8O7S/c1-13(4-3-8-24-21(22)23)28-16(31)10-26-20(36)15(7-9-37-2)29-17(32)11-25-19(35)14(27-12-30)5-6-18(33)34/h12-15H,3-11H2,1-2H3,(H,25,35)(H,26,36)(H,27,30)(H,28,31)(H,29,32)(H,33,34)(H4,22,23,24). The van der Waals surface area contributed by atoms with E-state index in [0.717, 1.165) is 0 Å². The van der Waals surface area contributed by atoms with E-state index in [1.54, 1.807) is 6.92 Å². The third kappa shape index (κ3) is 17.5. The first-order valence-electron chi connectivity index (χ1n) is 11.6. The lowest BCUT2D eigenvalue weighted by molar-refractivity contribution is -0.137. The second-order valence-electron chi connectivity index (χ2n) is 8.06. The third-order valence-corrected chi connectivity index (χ3v) is 5.52. The molecule has 0 rings (SSSR count). The molecular formula is C21H38N8O7S. The van der Waals surface area contributed by atoms with Crippen molar-refractivity contribution in [2.75, 3.05) is 31.6 Å². The summed E-state index contributed by atoms with van der Waals surface area (Å²) >= 11 is 1.46. The van der Waals surface area contributed by atoms with Gasteiger partial charge in [-0.25, -0.2) is 0 Å². The number of thioether (sulfide) groups is 1. The highest BCUT2D eigenvalue weighted by atomic mass is 32.2. The quantitative estimate of drug-likeness (QED) is 0.0328. The summed E-state index contributed by atoms with van der Waals surface area (Å²) in [5, 5.41) is 30.7. The predicted octanol–water partition coefficient (Wildman–Crippen LogP) is -2.80. The number of guanidine groups is 1. The van der Waals surface area contributed by atoms with Crippen molar-refractivity contribution < 1.29 is 33.9 Å². The Labute approximate surface area is 219 Å². The number of carboxylic acids is 1. The molecule has 0 aliphatic carbocycles. The molecule has 0 aliphatic heterocycles. The zero-order chi connectivity index (χ0) is 28.2. The fourth-order valence-electron chi connectivity index (χ4n) is 3.00. The summed E-state index contributed by atoms with van der Waals surface area (Å²) in [6.07, 6.45) is 3.17. The van der Waals surface area contributed by atoms with Crippen molar-refractivity contribution in [3.8, 4) is 0 Å². The van der Waals surface area contributed by atoms with Gasteiger partial charge < -0.3 is 42.7 Å². The Bertz CT molecular complexity index is 799. The van der Waals surface area contributed by atoms with Gasteiger partial charge in [0.25, 0.3) is 0 Å². The van der Waals surface area contributed by atoms with Gasteiger partial charge in [0.1, 0.15) is 12.1 Å². The molecule has 0 heterocycles. The van der Waals surface area contributed by atoms with E-state index in [-0.39, 0.29) is 44.2 Å². The highest BCUT2D eigenvalue weighted by molar-refractivity contribution is 7.98. The zero-order valence-corrected chi connectivity index (χ0v) is 21.9. The van der Waals surface area contributed by atoms with Gasteiger partial charge in [-0.2, -0.15) is 11.8 Å². The minimum Gasteiger partial charge on any atom is -0.481 e. The summed E-state index contributed by atoms with van der Waals surface area (Å²) in [4.78, 5) is 70.6. The number of rotatable bonds is 20. The molecule has 0 saturated carbocycles. The van der Waals surface area contributed by atoms with Gasteiger partial charge in [0.05, 0.1) is 13.1 Å². The molecule has 0 aliphatic rings. The van der Waals surface area contributed by atoms with Crippen LogP contribution in [0.25, 0.3) is 0 Å². The molecule has 0 spiro atoms. The van der Waals surface area contributed by atoms with Gasteiger partial charge in [-0.05, 0) is 44.6 Å². The lowest BCUT2D eigenvalue weighted by Gasteiger charge is -2.20. The van der Waals surface area contributed by atoms with Crippen LogP contribution in [0.3, 0.4) is 0 Å². The summed E-state index contributed by atoms with van der Waals surface area (Å²) < 4.78 is 0. The summed E-state index contributed by atoms with van der Waals surface area (Å²) in [6, 6.07) is -2.24. The van der Waals surface area contributed by atoms with Crippen molar-refractivity contribution >= 4 is 53.7 Å². The maximum atomic E-state index is 12.6. The van der Waals surface area contributed by atoms with Crippen LogP contribution in [-0.2, 0) is 28.8 Å². The molecular weight excluding hydrogens is 508 g/mol. The average Bonchev–Trinajstić information content (AvgIpc) is 2.83. The van der Waals surface area contributed by atoms with Crippen molar-refractivity contribution in [3.63, 3.8) is 0 Å². The number of nitrogens with two attached hydrogens (primary N) is 1. The van der Waals surface area contributed by atoms with Crippen LogP contribution in [0.4, 0.5) is 0 Å². The summed E-state index contributed by atoms with van der Waals surface area (Å²) in [5.74, 6) is -3.10. The molecule has 0 bridgehead atoms. The second kappa shape index (κ2) is 19.6. The van der Waals surface area contributed by atoms with Crippen molar-refractivity contribution in [2.24, 2.45) is 5.73 Å². The van der Waals surface area contributed by atoms with Gasteiger partial charge in [-0.3, -0.25) is 34.2 Å². The zero-order valence-electron chi connectivity index (χ0n) is 21.1. The van der Waals surface area contributed by atoms with Crippen molar-refractivity contribution in [3.05, 3.63) is 0 Å². The fourth-order valence-corrected chi connectivity index (χ4v) is 3.47. The second-order valence-corrected chi connectivity index (χ2v) is 9.04. The van der Waals surface area contributed by atoms with Crippen molar-refractivity contribution in [1.29, 1.82) is 5.41 Å². The lowest BCUT2D eigenvalue weighted by Crippen LogP contribution is -2.52. The topological polar surface area (TPSA) is 245 Å². The first-order valence-corrected chi connectivity index (χ1v) is 13.0. The molecule has 16 heteroatoms. The lowest BCUT2D eigenvalue weighted by atomic mass is 10.1.